The van der Waals surface area contributed by atoms with Crippen LogP contribution in [0.3, 0.4) is 0 Å². The van der Waals surface area contributed by atoms with E-state index >= 15 is 0 Å². The maximum absolute atomic E-state index is 13.3. The van der Waals surface area contributed by atoms with Crippen molar-refractivity contribution in [3.05, 3.63) is 78.0 Å². The number of likely N-dealkylation sites (tertiary alicyclic amines) is 1. The summed E-state index contributed by atoms with van der Waals surface area (Å²) in [6.45, 7) is 2.62. The molecule has 0 spiro atoms. The van der Waals surface area contributed by atoms with Gasteiger partial charge in [-0.1, -0.05) is 48.5 Å². The zero-order valence-electron chi connectivity index (χ0n) is 18.6. The minimum atomic E-state index is -4.64. The molecule has 0 unspecified atom stereocenters. The van der Waals surface area contributed by atoms with Crippen molar-refractivity contribution in [2.75, 3.05) is 38.7 Å². The number of carbonyl (C=O) groups is 1. The molecule has 0 aliphatic carbocycles. The summed E-state index contributed by atoms with van der Waals surface area (Å²) in [6, 6.07) is 18.2. The molecule has 34 heavy (non-hydrogen) atoms. The molecule has 0 saturated carbocycles. The van der Waals surface area contributed by atoms with Gasteiger partial charge >= 0.3 is 12.2 Å². The second-order valence-corrected chi connectivity index (χ2v) is 8.13. The van der Waals surface area contributed by atoms with Crippen molar-refractivity contribution >= 4 is 11.8 Å². The summed E-state index contributed by atoms with van der Waals surface area (Å²) in [6.07, 6.45) is -4.64. The van der Waals surface area contributed by atoms with Crippen molar-refractivity contribution in [2.45, 2.75) is 18.1 Å². The maximum Gasteiger partial charge on any atom is 0.435 e. The highest BCUT2D eigenvalue weighted by Crippen LogP contribution is 2.32. The first kappa shape index (κ1) is 23.8. The molecule has 180 valence electrons. The molecular weight excluding hydrogens is 447 g/mol. The number of nitrogens with zero attached hydrogens (tertiary/aromatic N) is 3. The molecule has 2 heterocycles. The van der Waals surface area contributed by atoms with E-state index in [9.17, 15) is 18.0 Å². The van der Waals surface area contributed by atoms with E-state index in [4.69, 9.17) is 4.74 Å². The zero-order valence-corrected chi connectivity index (χ0v) is 18.6. The molecule has 1 aromatic heterocycles. The summed E-state index contributed by atoms with van der Waals surface area (Å²) in [4.78, 5) is 15.1. The Morgan fingerprint density at radius 1 is 1.09 bits per heavy atom. The lowest BCUT2D eigenvalue weighted by molar-refractivity contribution is -0.141. The van der Waals surface area contributed by atoms with E-state index in [0.717, 1.165) is 29.4 Å². The molecule has 4 rings (SSSR count). The molecule has 0 bridgehead atoms. The summed E-state index contributed by atoms with van der Waals surface area (Å²) in [5.41, 5.74) is 0.406. The molecule has 10 heteroatoms. The van der Waals surface area contributed by atoms with Crippen LogP contribution in [-0.2, 0) is 10.9 Å². The van der Waals surface area contributed by atoms with Crippen molar-refractivity contribution in [3.8, 4) is 5.69 Å². The Labute approximate surface area is 195 Å². The third-order valence-corrected chi connectivity index (χ3v) is 5.79. The molecule has 1 fully saturated rings. The molecule has 1 saturated heterocycles. The molecule has 3 aromatic rings. The van der Waals surface area contributed by atoms with Crippen LogP contribution in [0.2, 0.25) is 0 Å². The third kappa shape index (κ3) is 5.57. The minimum absolute atomic E-state index is 0.0357. The van der Waals surface area contributed by atoms with E-state index in [1.54, 1.807) is 37.4 Å². The highest BCUT2D eigenvalue weighted by molar-refractivity contribution is 5.89. The average molecular weight is 473 g/mol. The normalized spacial score (nSPS) is 18.7. The maximum atomic E-state index is 13.3. The van der Waals surface area contributed by atoms with Crippen LogP contribution in [-0.4, -0.2) is 60.1 Å². The fourth-order valence-corrected chi connectivity index (χ4v) is 4.17. The quantitative estimate of drug-likeness (QED) is 0.542. The van der Waals surface area contributed by atoms with Gasteiger partial charge in [-0.3, -0.25) is 10.2 Å². The molecule has 1 aliphatic heterocycles. The monoisotopic (exact) mass is 473 g/mol. The first-order chi connectivity index (χ1) is 16.3. The summed E-state index contributed by atoms with van der Waals surface area (Å²) in [5, 5.41) is 9.19. The van der Waals surface area contributed by atoms with Gasteiger partial charge in [-0.15, -0.1) is 0 Å². The standard InChI is InChI=1S/C24H26F3N5O2/c1-34-13-12-31-15-19(17-8-4-2-5-9-17)20(16-31)28-23(33)29-22-14-21(24(25,26)27)30-32(22)18-10-6-3-7-11-18/h2-11,14,19-20H,12-13,15-16H2,1H3,(H2,28,29,33)/t19-,20+/m0/s1. The van der Waals surface area contributed by atoms with E-state index in [1.165, 1.54) is 0 Å². The number of para-hydroxylation sites is 1. The molecule has 2 aromatic carbocycles. The lowest BCUT2D eigenvalue weighted by Gasteiger charge is -2.20. The van der Waals surface area contributed by atoms with Crippen molar-refractivity contribution in [1.29, 1.82) is 0 Å². The van der Waals surface area contributed by atoms with Gasteiger partial charge < -0.3 is 10.1 Å². The molecule has 2 amide bonds. The van der Waals surface area contributed by atoms with Crippen LogP contribution in [0.5, 0.6) is 0 Å². The topological polar surface area (TPSA) is 71.4 Å². The third-order valence-electron chi connectivity index (χ3n) is 5.79. The summed E-state index contributed by atoms with van der Waals surface area (Å²) < 4.78 is 46.2. The number of hydrogen-bond acceptors (Lipinski definition) is 4. The van der Waals surface area contributed by atoms with Gasteiger partial charge in [0.1, 0.15) is 5.82 Å². The van der Waals surface area contributed by atoms with Gasteiger partial charge in [-0.05, 0) is 17.7 Å². The number of urea groups is 1. The Balaban J connectivity index is 1.53. The average Bonchev–Trinajstić information content (AvgIpc) is 3.43. The van der Waals surface area contributed by atoms with E-state index in [1.807, 2.05) is 30.3 Å². The number of amides is 2. The summed E-state index contributed by atoms with van der Waals surface area (Å²) in [5.74, 6) is -0.0323. The number of halogens is 3. The number of rotatable bonds is 7. The molecule has 0 radical (unpaired) electrons. The number of hydrogen-bond donors (Lipinski definition) is 2. The van der Waals surface area contributed by atoms with Crippen LogP contribution in [0.1, 0.15) is 17.2 Å². The lowest BCUT2D eigenvalue weighted by atomic mass is 9.94. The highest BCUT2D eigenvalue weighted by atomic mass is 19.4. The van der Waals surface area contributed by atoms with Crippen LogP contribution in [0.25, 0.3) is 5.69 Å². The van der Waals surface area contributed by atoms with Crippen LogP contribution < -0.4 is 10.6 Å². The van der Waals surface area contributed by atoms with Crippen molar-refractivity contribution in [3.63, 3.8) is 0 Å². The molecular formula is C24H26F3N5O2. The van der Waals surface area contributed by atoms with Crippen molar-refractivity contribution in [1.82, 2.24) is 20.0 Å². The number of aromatic nitrogens is 2. The zero-order chi connectivity index (χ0) is 24.1. The van der Waals surface area contributed by atoms with Crippen LogP contribution in [0.15, 0.2) is 66.7 Å². The number of alkyl halides is 3. The largest absolute Gasteiger partial charge is 0.435 e. The smallest absolute Gasteiger partial charge is 0.383 e. The number of nitrogens with one attached hydrogen (secondary N) is 2. The van der Waals surface area contributed by atoms with E-state index in [-0.39, 0.29) is 17.8 Å². The molecule has 1 aliphatic rings. The first-order valence-electron chi connectivity index (χ1n) is 10.9. The van der Waals surface area contributed by atoms with Crippen LogP contribution in [0, 0.1) is 0 Å². The Kier molecular flexibility index (Phi) is 7.18. The Bertz CT molecular complexity index is 1090. The highest BCUT2D eigenvalue weighted by Gasteiger charge is 2.37. The Morgan fingerprint density at radius 2 is 1.76 bits per heavy atom. The number of benzene rings is 2. The fourth-order valence-electron chi connectivity index (χ4n) is 4.17. The minimum Gasteiger partial charge on any atom is -0.383 e. The van der Waals surface area contributed by atoms with Crippen LogP contribution in [0.4, 0.5) is 23.8 Å². The lowest BCUT2D eigenvalue weighted by Crippen LogP contribution is -2.42. The predicted octanol–water partition coefficient (Wildman–Crippen LogP) is 4.13. The number of carbonyl (C=O) groups excluding carboxylic acids is 1. The SMILES string of the molecule is COCCN1C[C@@H](NC(=O)Nc2cc(C(F)(F)F)nn2-c2ccccc2)[C@H](c2ccccc2)C1. The van der Waals surface area contributed by atoms with Gasteiger partial charge in [0, 0.05) is 38.7 Å². The second kappa shape index (κ2) is 10.3. The molecule has 2 atom stereocenters. The number of methoxy groups -OCH3 is 1. The van der Waals surface area contributed by atoms with E-state index in [2.05, 4.69) is 20.6 Å². The van der Waals surface area contributed by atoms with Gasteiger partial charge in [0.25, 0.3) is 0 Å². The first-order valence-corrected chi connectivity index (χ1v) is 10.9. The summed E-state index contributed by atoms with van der Waals surface area (Å²) >= 11 is 0. The van der Waals surface area contributed by atoms with Crippen LogP contribution >= 0.6 is 0 Å². The summed E-state index contributed by atoms with van der Waals surface area (Å²) in [7, 11) is 1.64. The van der Waals surface area contributed by atoms with Gasteiger partial charge in [0.2, 0.25) is 0 Å². The van der Waals surface area contributed by atoms with Crippen molar-refractivity contribution in [2.24, 2.45) is 0 Å². The molecule has 2 N–H and O–H groups in total. The van der Waals surface area contributed by atoms with E-state index < -0.39 is 17.9 Å². The van der Waals surface area contributed by atoms with Gasteiger partial charge in [0.05, 0.1) is 18.3 Å². The van der Waals surface area contributed by atoms with Crippen molar-refractivity contribution < 1.29 is 22.7 Å². The second-order valence-electron chi connectivity index (χ2n) is 8.13. The number of anilines is 1. The van der Waals surface area contributed by atoms with E-state index in [0.29, 0.717) is 18.8 Å². The van der Waals surface area contributed by atoms with Gasteiger partial charge in [-0.25, -0.2) is 9.48 Å². The number of ether oxygens (including phenoxy) is 1. The molecule has 7 nitrogen and oxygen atoms in total. The van der Waals surface area contributed by atoms with Gasteiger partial charge in [0.15, 0.2) is 5.69 Å². The Morgan fingerprint density at radius 3 is 2.41 bits per heavy atom. The fraction of sp³-hybridized carbons (Fsp3) is 0.333. The Hall–Kier alpha value is -3.37. The van der Waals surface area contributed by atoms with Gasteiger partial charge in [-0.2, -0.15) is 18.3 Å². The predicted molar refractivity (Wildman–Crippen MR) is 122 cm³/mol.